The Morgan fingerprint density at radius 2 is 1.67 bits per heavy atom. The summed E-state index contributed by atoms with van der Waals surface area (Å²) in [7, 11) is -3.59. The van der Waals surface area contributed by atoms with Gasteiger partial charge in [0.1, 0.15) is 0 Å². The molecule has 0 radical (unpaired) electrons. The quantitative estimate of drug-likeness (QED) is 0.473. The molecule has 1 amide bonds. The van der Waals surface area contributed by atoms with Crippen LogP contribution in [0.2, 0.25) is 0 Å². The molecule has 1 fully saturated rings. The lowest BCUT2D eigenvalue weighted by Gasteiger charge is -2.26. The van der Waals surface area contributed by atoms with Crippen molar-refractivity contribution < 1.29 is 17.9 Å². The molecule has 1 aliphatic heterocycles. The number of anilines is 1. The van der Waals surface area contributed by atoms with Crippen molar-refractivity contribution in [3.8, 4) is 0 Å². The Labute approximate surface area is 194 Å². The van der Waals surface area contributed by atoms with E-state index in [-0.39, 0.29) is 17.2 Å². The Morgan fingerprint density at radius 3 is 2.45 bits per heavy atom. The molecule has 3 aromatic rings. The number of ether oxygens (including phenoxy) is 1. The van der Waals surface area contributed by atoms with Gasteiger partial charge in [-0.25, -0.2) is 13.1 Å². The highest BCUT2D eigenvalue weighted by molar-refractivity contribution is 7.89. The zero-order valence-corrected chi connectivity index (χ0v) is 19.3. The molecule has 174 valence electrons. The van der Waals surface area contributed by atoms with Gasteiger partial charge in [0.25, 0.3) is 0 Å². The van der Waals surface area contributed by atoms with Gasteiger partial charge in [-0.2, -0.15) is 0 Å². The smallest absolute Gasteiger partial charge is 0.240 e. The van der Waals surface area contributed by atoms with Crippen molar-refractivity contribution in [1.82, 2.24) is 9.62 Å². The van der Waals surface area contributed by atoms with Crippen LogP contribution in [0.1, 0.15) is 12.0 Å². The Balaban J connectivity index is 1.29. The zero-order chi connectivity index (χ0) is 23.1. The molecule has 4 rings (SSSR count). The van der Waals surface area contributed by atoms with Gasteiger partial charge in [0, 0.05) is 25.3 Å². The van der Waals surface area contributed by atoms with Crippen LogP contribution in [0, 0.1) is 0 Å². The van der Waals surface area contributed by atoms with E-state index in [1.54, 1.807) is 12.1 Å². The average molecular weight is 468 g/mol. The van der Waals surface area contributed by atoms with E-state index >= 15 is 0 Å². The third-order valence-electron chi connectivity index (χ3n) is 5.73. The maximum atomic E-state index is 12.6. The molecule has 0 aromatic heterocycles. The topological polar surface area (TPSA) is 87.7 Å². The lowest BCUT2D eigenvalue weighted by atomic mass is 10.0. The van der Waals surface area contributed by atoms with Gasteiger partial charge in [-0.3, -0.25) is 9.69 Å². The van der Waals surface area contributed by atoms with Crippen molar-refractivity contribution in [2.45, 2.75) is 17.7 Å². The third-order valence-corrected chi connectivity index (χ3v) is 7.20. The van der Waals surface area contributed by atoms with Crippen molar-refractivity contribution in [2.24, 2.45) is 0 Å². The summed E-state index contributed by atoms with van der Waals surface area (Å²) in [5.41, 5.74) is 1.51. The van der Waals surface area contributed by atoms with E-state index in [0.29, 0.717) is 12.2 Å². The number of nitrogens with one attached hydrogen (secondary N) is 2. The molecule has 1 aliphatic rings. The van der Waals surface area contributed by atoms with Gasteiger partial charge in [0.15, 0.2) is 0 Å². The Bertz CT molecular complexity index is 1180. The first kappa shape index (κ1) is 23.4. The second-order valence-electron chi connectivity index (χ2n) is 8.09. The van der Waals surface area contributed by atoms with Crippen LogP contribution < -0.4 is 10.0 Å². The Kier molecular flexibility index (Phi) is 7.72. The largest absolute Gasteiger partial charge is 0.379 e. The van der Waals surface area contributed by atoms with Crippen LogP contribution in [0.5, 0.6) is 0 Å². The van der Waals surface area contributed by atoms with Crippen molar-refractivity contribution in [3.05, 3.63) is 72.3 Å². The van der Waals surface area contributed by atoms with Crippen LogP contribution >= 0.6 is 0 Å². The fourth-order valence-corrected chi connectivity index (χ4v) is 5.03. The highest BCUT2D eigenvalue weighted by Gasteiger charge is 2.15. The first-order valence-electron chi connectivity index (χ1n) is 11.2. The van der Waals surface area contributed by atoms with Crippen molar-refractivity contribution in [3.63, 3.8) is 0 Å². The molecule has 2 N–H and O–H groups in total. The van der Waals surface area contributed by atoms with Crippen LogP contribution in [-0.4, -0.2) is 58.6 Å². The average Bonchev–Trinajstić information content (AvgIpc) is 2.83. The summed E-state index contributed by atoms with van der Waals surface area (Å²) in [6.07, 6.45) is 0.980. The molecule has 33 heavy (non-hydrogen) atoms. The Hall–Kier alpha value is -2.78. The van der Waals surface area contributed by atoms with Crippen LogP contribution in [0.15, 0.2) is 71.6 Å². The molecule has 0 bridgehead atoms. The predicted octanol–water partition coefficient (Wildman–Crippen LogP) is 3.02. The van der Waals surface area contributed by atoms with Crippen LogP contribution in [0.25, 0.3) is 10.8 Å². The normalized spacial score (nSPS) is 14.9. The van der Waals surface area contributed by atoms with Gasteiger partial charge in [0.05, 0.1) is 24.5 Å². The molecule has 7 nitrogen and oxygen atoms in total. The third kappa shape index (κ3) is 6.39. The zero-order valence-electron chi connectivity index (χ0n) is 18.5. The van der Waals surface area contributed by atoms with E-state index in [1.165, 1.54) is 12.1 Å². The summed E-state index contributed by atoms with van der Waals surface area (Å²) in [5, 5.41) is 5.00. The number of amides is 1. The summed E-state index contributed by atoms with van der Waals surface area (Å²) in [5.74, 6) is -0.150. The number of hydrogen-bond donors (Lipinski definition) is 2. The van der Waals surface area contributed by atoms with E-state index in [9.17, 15) is 13.2 Å². The second kappa shape index (κ2) is 10.9. The monoisotopic (exact) mass is 467 g/mol. The fraction of sp³-hybridized carbons (Fsp3) is 0.320. The SMILES string of the molecule is O=C(Cc1cccc2ccccc12)Nc1ccc(S(=O)(=O)NCCCN2CCOCC2)cc1. The summed E-state index contributed by atoms with van der Waals surface area (Å²) in [6, 6.07) is 20.1. The van der Waals surface area contributed by atoms with E-state index in [1.807, 2.05) is 42.5 Å². The summed E-state index contributed by atoms with van der Waals surface area (Å²) in [4.78, 5) is 15.0. The first-order chi connectivity index (χ1) is 16.0. The van der Waals surface area contributed by atoms with Gasteiger partial charge in [-0.1, -0.05) is 42.5 Å². The lowest BCUT2D eigenvalue weighted by molar-refractivity contribution is -0.115. The van der Waals surface area contributed by atoms with E-state index in [4.69, 9.17) is 4.74 Å². The first-order valence-corrected chi connectivity index (χ1v) is 12.7. The number of carbonyl (C=O) groups excluding carboxylic acids is 1. The standard InChI is InChI=1S/C25H29N3O4S/c29-25(19-21-7-3-6-20-5-1-2-8-24(20)21)27-22-9-11-23(12-10-22)33(30,31)26-13-4-14-28-15-17-32-18-16-28/h1-3,5-12,26H,4,13-19H2,(H,27,29). The molecule has 1 saturated heterocycles. The van der Waals surface area contributed by atoms with Gasteiger partial charge >= 0.3 is 0 Å². The minimum Gasteiger partial charge on any atom is -0.379 e. The predicted molar refractivity (Wildman–Crippen MR) is 130 cm³/mol. The molecule has 3 aromatic carbocycles. The molecular weight excluding hydrogens is 438 g/mol. The molecule has 0 saturated carbocycles. The van der Waals surface area contributed by atoms with Crippen molar-refractivity contribution in [2.75, 3.05) is 44.7 Å². The van der Waals surface area contributed by atoms with Crippen molar-refractivity contribution in [1.29, 1.82) is 0 Å². The number of morpholine rings is 1. The van der Waals surface area contributed by atoms with E-state index in [0.717, 1.165) is 55.6 Å². The summed E-state index contributed by atoms with van der Waals surface area (Å²) >= 11 is 0. The highest BCUT2D eigenvalue weighted by atomic mass is 32.2. The van der Waals surface area contributed by atoms with Crippen LogP contribution in [0.4, 0.5) is 5.69 Å². The lowest BCUT2D eigenvalue weighted by Crippen LogP contribution is -2.38. The van der Waals surface area contributed by atoms with Gasteiger partial charge in [-0.15, -0.1) is 0 Å². The van der Waals surface area contributed by atoms with E-state index < -0.39 is 10.0 Å². The van der Waals surface area contributed by atoms with Gasteiger partial charge in [-0.05, 0) is 53.6 Å². The van der Waals surface area contributed by atoms with Crippen molar-refractivity contribution >= 4 is 32.4 Å². The van der Waals surface area contributed by atoms with Crippen LogP contribution in [-0.2, 0) is 26.0 Å². The molecule has 0 aliphatic carbocycles. The fourth-order valence-electron chi connectivity index (χ4n) is 3.96. The molecule has 0 atom stereocenters. The Morgan fingerprint density at radius 1 is 0.939 bits per heavy atom. The van der Waals surface area contributed by atoms with Gasteiger partial charge in [0.2, 0.25) is 15.9 Å². The molecule has 1 heterocycles. The maximum absolute atomic E-state index is 12.6. The number of sulfonamides is 1. The molecule has 0 spiro atoms. The van der Waals surface area contributed by atoms with Crippen LogP contribution in [0.3, 0.4) is 0 Å². The van der Waals surface area contributed by atoms with Gasteiger partial charge < -0.3 is 10.1 Å². The number of rotatable bonds is 9. The maximum Gasteiger partial charge on any atom is 0.240 e. The minimum atomic E-state index is -3.59. The molecular formula is C25H29N3O4S. The minimum absolute atomic E-state index is 0.150. The van der Waals surface area contributed by atoms with E-state index in [2.05, 4.69) is 14.9 Å². The summed E-state index contributed by atoms with van der Waals surface area (Å²) < 4.78 is 33.1. The summed E-state index contributed by atoms with van der Waals surface area (Å²) in [6.45, 7) is 4.46. The molecule has 0 unspecified atom stereocenters. The number of carbonyl (C=O) groups is 1. The second-order valence-corrected chi connectivity index (χ2v) is 9.86. The number of hydrogen-bond acceptors (Lipinski definition) is 5. The number of fused-ring (bicyclic) bond motifs is 1. The number of benzene rings is 3. The highest BCUT2D eigenvalue weighted by Crippen LogP contribution is 2.20. The molecule has 8 heteroatoms. The number of nitrogens with zero attached hydrogens (tertiary/aromatic N) is 1.